The van der Waals surface area contributed by atoms with Crippen LogP contribution in [0.4, 0.5) is 0 Å². The fourth-order valence-electron chi connectivity index (χ4n) is 5.51. The number of hydrogen-bond acceptors (Lipinski definition) is 0. The fourth-order valence-corrected chi connectivity index (χ4v) is 5.51. The molecular formula is C25H48B3. The maximum Gasteiger partial charge on any atom is 0.0635 e. The summed E-state index contributed by atoms with van der Waals surface area (Å²) in [5.41, 5.74) is 0. The predicted molar refractivity (Wildman–Crippen MR) is 131 cm³/mol. The molecule has 0 heterocycles. The van der Waals surface area contributed by atoms with Crippen molar-refractivity contribution in [2.24, 2.45) is 0 Å². The smallest absolute Gasteiger partial charge is 0.0635 e. The van der Waals surface area contributed by atoms with Crippen LogP contribution >= 0.6 is 0 Å². The predicted octanol–water partition coefficient (Wildman–Crippen LogP) is 8.51. The molecular weight excluding hydrogens is 333 g/mol. The third-order valence-corrected chi connectivity index (χ3v) is 7.74. The van der Waals surface area contributed by atoms with Gasteiger partial charge in [0.05, 0.1) is 14.3 Å². The first-order valence-electron chi connectivity index (χ1n) is 13.2. The Labute approximate surface area is 180 Å². The highest BCUT2D eigenvalue weighted by Crippen LogP contribution is 2.40. The van der Waals surface area contributed by atoms with Gasteiger partial charge in [0.1, 0.15) is 0 Å². The molecule has 2 rings (SSSR count). The van der Waals surface area contributed by atoms with Gasteiger partial charge >= 0.3 is 0 Å². The van der Waals surface area contributed by atoms with Crippen molar-refractivity contribution in [3.8, 4) is 0 Å². The molecule has 0 atom stereocenters. The van der Waals surface area contributed by atoms with Crippen molar-refractivity contribution in [1.29, 1.82) is 0 Å². The molecule has 0 aromatic rings. The molecule has 28 heavy (non-hydrogen) atoms. The topological polar surface area (TPSA) is 0 Å². The molecule has 0 unspecified atom stereocenters. The number of hydrogen-bond donors (Lipinski definition) is 0. The summed E-state index contributed by atoms with van der Waals surface area (Å²) in [6.45, 7) is 5.08. The van der Waals surface area contributed by atoms with E-state index in [1.165, 1.54) is 135 Å². The van der Waals surface area contributed by atoms with Crippen LogP contribution in [0.2, 0.25) is 10.6 Å². The third-order valence-electron chi connectivity index (χ3n) is 7.74. The van der Waals surface area contributed by atoms with Crippen LogP contribution in [0.15, 0.2) is 0 Å². The highest BCUT2D eigenvalue weighted by atomic mass is 14.2. The summed E-state index contributed by atoms with van der Waals surface area (Å²) < 4.78 is 0. The molecule has 157 valence electrons. The molecule has 2 aliphatic carbocycles. The van der Waals surface area contributed by atoms with Crippen LogP contribution in [0, 0.1) is 0 Å². The normalized spacial score (nSPS) is 25.9. The van der Waals surface area contributed by atoms with Gasteiger partial charge in [-0.05, 0) is 0 Å². The summed E-state index contributed by atoms with van der Waals surface area (Å²) >= 11 is 0. The highest BCUT2D eigenvalue weighted by molar-refractivity contribution is 7.30. The van der Waals surface area contributed by atoms with E-state index in [1.54, 1.807) is 0 Å². The summed E-state index contributed by atoms with van der Waals surface area (Å²) in [7, 11) is 7.74. The Morgan fingerprint density at radius 3 is 0.821 bits per heavy atom. The van der Waals surface area contributed by atoms with Gasteiger partial charge in [0, 0.05) is 7.06 Å². The maximum absolute atomic E-state index is 2.62. The Balaban J connectivity index is 1.79. The molecule has 0 nitrogen and oxygen atoms in total. The third kappa shape index (κ3) is 10.8. The van der Waals surface area contributed by atoms with Gasteiger partial charge in [-0.1, -0.05) is 159 Å². The standard InChI is InChI=1S/C25H48B3/c1-24(20-16-12-8-4-3-5-9-13-17-21-24)26-28-27-25(2)22-18-14-10-6-7-11-15-19-23-25/h3-23H2,1-2H3. The van der Waals surface area contributed by atoms with E-state index in [2.05, 4.69) is 35.2 Å². The molecule has 0 N–H and O–H groups in total. The Morgan fingerprint density at radius 1 is 0.357 bits per heavy atom. The lowest BCUT2D eigenvalue weighted by Crippen LogP contribution is -2.32. The molecule has 0 aromatic heterocycles. The molecule has 2 aliphatic rings. The molecule has 2 fully saturated rings. The van der Waals surface area contributed by atoms with E-state index in [0.717, 1.165) is 0 Å². The highest BCUT2D eigenvalue weighted by Gasteiger charge is 2.28. The van der Waals surface area contributed by atoms with Gasteiger partial charge < -0.3 is 0 Å². The molecule has 0 aliphatic heterocycles. The molecule has 0 bridgehead atoms. The lowest BCUT2D eigenvalue weighted by atomic mass is 9.09. The average Bonchev–Trinajstić information content (AvgIpc) is 2.71. The van der Waals surface area contributed by atoms with Crippen molar-refractivity contribution in [3.63, 3.8) is 0 Å². The fraction of sp³-hybridized carbons (Fsp3) is 1.00. The van der Waals surface area contributed by atoms with E-state index in [4.69, 9.17) is 0 Å². The van der Waals surface area contributed by atoms with E-state index in [9.17, 15) is 0 Å². The van der Waals surface area contributed by atoms with Crippen LogP contribution in [0.3, 0.4) is 0 Å². The minimum Gasteiger partial charge on any atom is -0.0696 e. The largest absolute Gasteiger partial charge is 0.0696 e. The summed E-state index contributed by atoms with van der Waals surface area (Å²) in [6, 6.07) is 0. The Kier molecular flexibility index (Phi) is 12.4. The van der Waals surface area contributed by atoms with E-state index in [1.807, 2.05) is 0 Å². The zero-order valence-corrected chi connectivity index (χ0v) is 19.6. The van der Waals surface area contributed by atoms with E-state index in [-0.39, 0.29) is 0 Å². The number of rotatable bonds is 4. The molecule has 0 saturated heterocycles. The van der Waals surface area contributed by atoms with Gasteiger partial charge in [-0.3, -0.25) is 0 Å². The first-order valence-corrected chi connectivity index (χ1v) is 13.2. The van der Waals surface area contributed by atoms with Crippen LogP contribution in [-0.2, 0) is 0 Å². The molecule has 3 heteroatoms. The van der Waals surface area contributed by atoms with E-state index < -0.39 is 0 Å². The minimum atomic E-state index is 0.430. The zero-order valence-electron chi connectivity index (χ0n) is 19.6. The lowest BCUT2D eigenvalue weighted by molar-refractivity contribution is 0.435. The van der Waals surface area contributed by atoms with Crippen molar-refractivity contribution >= 4 is 21.4 Å². The van der Waals surface area contributed by atoms with Crippen molar-refractivity contribution in [3.05, 3.63) is 0 Å². The van der Waals surface area contributed by atoms with Gasteiger partial charge in [0.25, 0.3) is 0 Å². The van der Waals surface area contributed by atoms with Crippen LogP contribution < -0.4 is 0 Å². The lowest BCUT2D eigenvalue weighted by Gasteiger charge is -2.34. The Hall–Kier alpha value is 0.195. The SMILES string of the molecule is CC1([B][B][B]C2(C)CCCCCCCCCC2)CCCCCCCCCCC1. The minimum absolute atomic E-state index is 0.430. The van der Waals surface area contributed by atoms with Crippen molar-refractivity contribution in [2.75, 3.05) is 0 Å². The van der Waals surface area contributed by atoms with Crippen LogP contribution in [0.25, 0.3) is 0 Å². The van der Waals surface area contributed by atoms with Gasteiger partial charge in [-0.15, -0.1) is 0 Å². The summed E-state index contributed by atoms with van der Waals surface area (Å²) in [6.07, 6.45) is 30.3. The summed E-state index contributed by atoms with van der Waals surface area (Å²) in [4.78, 5) is 0. The first-order chi connectivity index (χ1) is 13.6. The van der Waals surface area contributed by atoms with Crippen molar-refractivity contribution in [1.82, 2.24) is 0 Å². The maximum atomic E-state index is 2.62. The Bertz CT molecular complexity index is 358. The van der Waals surface area contributed by atoms with E-state index >= 15 is 0 Å². The van der Waals surface area contributed by atoms with Gasteiger partial charge in [-0.25, -0.2) is 0 Å². The second kappa shape index (κ2) is 14.2. The van der Waals surface area contributed by atoms with Crippen molar-refractivity contribution < 1.29 is 0 Å². The van der Waals surface area contributed by atoms with Gasteiger partial charge in [0.2, 0.25) is 0 Å². The monoisotopic (exact) mass is 381 g/mol. The van der Waals surface area contributed by atoms with Crippen LogP contribution in [0.5, 0.6) is 0 Å². The Morgan fingerprint density at radius 2 is 0.571 bits per heavy atom. The second-order valence-corrected chi connectivity index (χ2v) is 10.8. The van der Waals surface area contributed by atoms with Gasteiger partial charge in [-0.2, -0.15) is 0 Å². The van der Waals surface area contributed by atoms with Crippen LogP contribution in [-0.4, -0.2) is 21.4 Å². The van der Waals surface area contributed by atoms with Gasteiger partial charge in [0.15, 0.2) is 0 Å². The molecule has 0 aromatic carbocycles. The quantitative estimate of drug-likeness (QED) is 0.428. The molecule has 0 spiro atoms. The molecule has 2 saturated carbocycles. The summed E-state index contributed by atoms with van der Waals surface area (Å²) in [5, 5.41) is 0.863. The molecule has 3 radical (unpaired) electrons. The summed E-state index contributed by atoms with van der Waals surface area (Å²) in [5.74, 6) is 0. The zero-order chi connectivity index (χ0) is 20.0. The van der Waals surface area contributed by atoms with Crippen molar-refractivity contribution in [2.45, 2.75) is 159 Å². The average molecular weight is 381 g/mol. The van der Waals surface area contributed by atoms with Crippen LogP contribution in [0.1, 0.15) is 149 Å². The van der Waals surface area contributed by atoms with E-state index in [0.29, 0.717) is 10.6 Å². The second-order valence-electron chi connectivity index (χ2n) is 10.8. The molecule has 0 amide bonds. The first kappa shape index (κ1) is 24.5.